The normalized spacial score (nSPS) is 10.9. The number of hydrogen-bond donors (Lipinski definition) is 1. The summed E-state index contributed by atoms with van der Waals surface area (Å²) < 4.78 is 5.77. The average molecular weight is 293 g/mol. The summed E-state index contributed by atoms with van der Waals surface area (Å²) in [5, 5.41) is 4.12. The first kappa shape index (κ1) is 15.1. The van der Waals surface area contributed by atoms with E-state index in [9.17, 15) is 0 Å². The molecule has 0 saturated carbocycles. The topological polar surface area (TPSA) is 38.1 Å². The molecule has 0 spiro atoms. The quantitative estimate of drug-likeness (QED) is 0.776. The number of nitrogens with zero attached hydrogens (tertiary/aromatic N) is 1. The molecule has 0 aliphatic rings. The van der Waals surface area contributed by atoms with E-state index >= 15 is 0 Å². The van der Waals surface area contributed by atoms with Crippen LogP contribution >= 0.6 is 11.6 Å². The van der Waals surface area contributed by atoms with Crippen molar-refractivity contribution >= 4 is 11.6 Å². The highest BCUT2D eigenvalue weighted by molar-refractivity contribution is 6.31. The third-order valence-corrected chi connectivity index (χ3v) is 3.59. The molecular weight excluding hydrogens is 272 g/mol. The summed E-state index contributed by atoms with van der Waals surface area (Å²) in [6.45, 7) is 6.22. The fourth-order valence-corrected chi connectivity index (χ4v) is 2.15. The van der Waals surface area contributed by atoms with Gasteiger partial charge in [0.05, 0.1) is 6.20 Å². The molecule has 108 valence electrons. The fourth-order valence-electron chi connectivity index (χ4n) is 1.97. The predicted octanol–water partition coefficient (Wildman–Crippen LogP) is 4.24. The van der Waals surface area contributed by atoms with Crippen LogP contribution in [0.1, 0.15) is 31.2 Å². The lowest BCUT2D eigenvalue weighted by Gasteiger charge is -2.01. The number of oxazole rings is 1. The van der Waals surface area contributed by atoms with Crippen LogP contribution in [0.5, 0.6) is 0 Å². The Labute approximate surface area is 125 Å². The maximum absolute atomic E-state index is 6.13. The van der Waals surface area contributed by atoms with Gasteiger partial charge >= 0.3 is 0 Å². The summed E-state index contributed by atoms with van der Waals surface area (Å²) >= 11 is 6.13. The molecule has 0 bridgehead atoms. The number of benzene rings is 1. The van der Waals surface area contributed by atoms with E-state index in [0.717, 1.165) is 60.2 Å². The molecule has 0 aliphatic carbocycles. The molecule has 2 rings (SSSR count). The van der Waals surface area contributed by atoms with Gasteiger partial charge in [-0.25, -0.2) is 4.98 Å². The lowest BCUT2D eigenvalue weighted by molar-refractivity contribution is 0.491. The Hall–Kier alpha value is -1.32. The SMILES string of the molecule is CCCNCCCc1ncc(-c2ccc(C)c(Cl)c2)o1. The molecule has 20 heavy (non-hydrogen) atoms. The van der Waals surface area contributed by atoms with Crippen molar-refractivity contribution in [1.82, 2.24) is 10.3 Å². The van der Waals surface area contributed by atoms with Crippen LogP contribution in [0.25, 0.3) is 11.3 Å². The number of halogens is 1. The molecule has 1 aromatic carbocycles. The molecule has 1 aromatic heterocycles. The Kier molecular flexibility index (Phi) is 5.62. The Balaban J connectivity index is 1.93. The van der Waals surface area contributed by atoms with Crippen LogP contribution in [0.4, 0.5) is 0 Å². The molecule has 1 N–H and O–H groups in total. The van der Waals surface area contributed by atoms with Crippen molar-refractivity contribution in [1.29, 1.82) is 0 Å². The largest absolute Gasteiger partial charge is 0.441 e. The molecule has 1 heterocycles. The summed E-state index contributed by atoms with van der Waals surface area (Å²) in [5.41, 5.74) is 2.04. The van der Waals surface area contributed by atoms with Gasteiger partial charge in [0.1, 0.15) is 0 Å². The third kappa shape index (κ3) is 4.09. The van der Waals surface area contributed by atoms with Crippen molar-refractivity contribution in [2.24, 2.45) is 0 Å². The van der Waals surface area contributed by atoms with E-state index in [-0.39, 0.29) is 0 Å². The smallest absolute Gasteiger partial charge is 0.194 e. The second-order valence-corrected chi connectivity index (χ2v) is 5.34. The maximum atomic E-state index is 6.13. The van der Waals surface area contributed by atoms with Crippen LogP contribution in [0, 0.1) is 6.92 Å². The van der Waals surface area contributed by atoms with Gasteiger partial charge in [-0.2, -0.15) is 0 Å². The zero-order valence-corrected chi connectivity index (χ0v) is 12.8. The van der Waals surface area contributed by atoms with Gasteiger partial charge < -0.3 is 9.73 Å². The standard InChI is InChI=1S/C16H21ClN2O/c1-3-8-18-9-4-5-16-19-11-15(20-16)13-7-6-12(2)14(17)10-13/h6-7,10-11,18H,3-5,8-9H2,1-2H3. The van der Waals surface area contributed by atoms with Gasteiger partial charge in [0.2, 0.25) is 0 Å². The molecule has 0 fully saturated rings. The molecule has 0 radical (unpaired) electrons. The van der Waals surface area contributed by atoms with Crippen LogP contribution in [0.15, 0.2) is 28.8 Å². The first-order chi connectivity index (χ1) is 9.70. The minimum Gasteiger partial charge on any atom is -0.441 e. The summed E-state index contributed by atoms with van der Waals surface area (Å²) in [6, 6.07) is 5.92. The van der Waals surface area contributed by atoms with Crippen molar-refractivity contribution in [2.45, 2.75) is 33.1 Å². The van der Waals surface area contributed by atoms with Crippen molar-refractivity contribution in [3.8, 4) is 11.3 Å². The van der Waals surface area contributed by atoms with Crippen LogP contribution in [-0.2, 0) is 6.42 Å². The third-order valence-electron chi connectivity index (χ3n) is 3.18. The van der Waals surface area contributed by atoms with Gasteiger partial charge in [-0.05, 0) is 44.5 Å². The van der Waals surface area contributed by atoms with E-state index < -0.39 is 0 Å². The summed E-state index contributed by atoms with van der Waals surface area (Å²) in [6.07, 6.45) is 4.83. The van der Waals surface area contributed by atoms with Gasteiger partial charge in [-0.3, -0.25) is 0 Å². The van der Waals surface area contributed by atoms with E-state index in [1.54, 1.807) is 6.20 Å². The Morgan fingerprint density at radius 3 is 2.90 bits per heavy atom. The van der Waals surface area contributed by atoms with Crippen molar-refractivity contribution < 1.29 is 4.42 Å². The van der Waals surface area contributed by atoms with Gasteiger partial charge in [0.15, 0.2) is 11.7 Å². The fraction of sp³-hybridized carbons (Fsp3) is 0.438. The van der Waals surface area contributed by atoms with E-state index in [4.69, 9.17) is 16.0 Å². The maximum Gasteiger partial charge on any atom is 0.194 e. The van der Waals surface area contributed by atoms with Crippen LogP contribution in [-0.4, -0.2) is 18.1 Å². The minimum absolute atomic E-state index is 0.754. The number of rotatable bonds is 7. The summed E-state index contributed by atoms with van der Waals surface area (Å²) in [5.74, 6) is 1.57. The lowest BCUT2D eigenvalue weighted by Crippen LogP contribution is -2.16. The second kappa shape index (κ2) is 7.46. The van der Waals surface area contributed by atoms with Crippen molar-refractivity contribution in [3.05, 3.63) is 40.9 Å². The summed E-state index contributed by atoms with van der Waals surface area (Å²) in [7, 11) is 0. The number of aromatic nitrogens is 1. The molecular formula is C16H21ClN2O. The van der Waals surface area contributed by atoms with Crippen LogP contribution in [0.3, 0.4) is 0 Å². The number of aryl methyl sites for hydroxylation is 2. The first-order valence-corrected chi connectivity index (χ1v) is 7.50. The highest BCUT2D eigenvalue weighted by Crippen LogP contribution is 2.26. The lowest BCUT2D eigenvalue weighted by atomic mass is 10.1. The molecule has 0 amide bonds. The Bertz CT molecular complexity index is 551. The van der Waals surface area contributed by atoms with E-state index in [2.05, 4.69) is 17.2 Å². The second-order valence-electron chi connectivity index (χ2n) is 4.94. The average Bonchev–Trinajstić information content (AvgIpc) is 2.90. The molecule has 0 saturated heterocycles. The van der Waals surface area contributed by atoms with Gasteiger partial charge in [0, 0.05) is 17.0 Å². The molecule has 0 atom stereocenters. The molecule has 0 unspecified atom stereocenters. The van der Waals surface area contributed by atoms with Gasteiger partial charge in [-0.15, -0.1) is 0 Å². The molecule has 2 aromatic rings. The molecule has 3 nitrogen and oxygen atoms in total. The monoisotopic (exact) mass is 292 g/mol. The minimum atomic E-state index is 0.754. The van der Waals surface area contributed by atoms with Crippen LogP contribution in [0.2, 0.25) is 5.02 Å². The van der Waals surface area contributed by atoms with Gasteiger partial charge in [0.25, 0.3) is 0 Å². The van der Waals surface area contributed by atoms with E-state index in [1.807, 2.05) is 25.1 Å². The zero-order valence-electron chi connectivity index (χ0n) is 12.1. The van der Waals surface area contributed by atoms with E-state index in [0.29, 0.717) is 0 Å². The van der Waals surface area contributed by atoms with Gasteiger partial charge in [-0.1, -0.05) is 30.7 Å². The molecule has 0 aliphatic heterocycles. The van der Waals surface area contributed by atoms with Crippen molar-refractivity contribution in [3.63, 3.8) is 0 Å². The Morgan fingerprint density at radius 1 is 1.30 bits per heavy atom. The predicted molar refractivity (Wildman–Crippen MR) is 83.2 cm³/mol. The molecule has 4 heteroatoms. The zero-order chi connectivity index (χ0) is 14.4. The van der Waals surface area contributed by atoms with Crippen molar-refractivity contribution in [2.75, 3.05) is 13.1 Å². The summed E-state index contributed by atoms with van der Waals surface area (Å²) in [4.78, 5) is 4.32. The Morgan fingerprint density at radius 2 is 2.15 bits per heavy atom. The number of hydrogen-bond acceptors (Lipinski definition) is 3. The highest BCUT2D eigenvalue weighted by atomic mass is 35.5. The van der Waals surface area contributed by atoms with Crippen LogP contribution < -0.4 is 5.32 Å². The van der Waals surface area contributed by atoms with E-state index in [1.165, 1.54) is 0 Å². The highest BCUT2D eigenvalue weighted by Gasteiger charge is 2.07. The first-order valence-electron chi connectivity index (χ1n) is 7.12. The number of nitrogens with one attached hydrogen (secondary N) is 1.